The highest BCUT2D eigenvalue weighted by molar-refractivity contribution is 5.88. The van der Waals surface area contributed by atoms with Crippen LogP contribution >= 0.6 is 0 Å². The molecule has 3 aromatic carbocycles. The minimum absolute atomic E-state index is 0.173. The summed E-state index contributed by atoms with van der Waals surface area (Å²) in [5.41, 5.74) is 3.27. The first-order chi connectivity index (χ1) is 19.6. The Hall–Kier alpha value is -4.85. The molecule has 0 unspecified atom stereocenters. The van der Waals surface area contributed by atoms with Gasteiger partial charge in [-0.1, -0.05) is 48.5 Å². The number of benzene rings is 3. The van der Waals surface area contributed by atoms with Crippen LogP contribution in [0, 0.1) is 6.92 Å². The second kappa shape index (κ2) is 11.3. The normalized spacial score (nSPS) is 12.3. The number of aryl methyl sites for hydroxylation is 1. The van der Waals surface area contributed by atoms with Crippen molar-refractivity contribution in [1.29, 1.82) is 0 Å². The van der Waals surface area contributed by atoms with E-state index in [1.54, 1.807) is 32.9 Å². The van der Waals surface area contributed by atoms with Crippen molar-refractivity contribution in [3.8, 4) is 5.75 Å². The number of H-pyrrole nitrogens is 1. The van der Waals surface area contributed by atoms with Crippen LogP contribution in [0.2, 0.25) is 0 Å². The molecular weight excluding hydrogens is 520 g/mol. The Kier molecular flexibility index (Phi) is 7.66. The highest BCUT2D eigenvalue weighted by Gasteiger charge is 2.27. The van der Waals surface area contributed by atoms with E-state index in [1.165, 1.54) is 6.07 Å². The molecule has 41 heavy (non-hydrogen) atoms. The molecule has 0 aliphatic rings. The average Bonchev–Trinajstić information content (AvgIpc) is 3.33. The molecule has 0 saturated heterocycles. The molecule has 0 spiro atoms. The maximum absolute atomic E-state index is 13.4. The lowest BCUT2D eigenvalue weighted by Crippen LogP contribution is -2.46. The van der Waals surface area contributed by atoms with E-state index in [2.05, 4.69) is 10.3 Å². The second-order valence-corrected chi connectivity index (χ2v) is 11.0. The fraction of sp³-hybridized carbons (Fsp3) is 0.242. The molecule has 2 N–H and O–H groups in total. The first-order valence-electron chi connectivity index (χ1n) is 13.4. The minimum atomic E-state index is -1.04. The minimum Gasteiger partial charge on any atom is -0.444 e. The number of amides is 1. The molecular formula is C33H32N2O6. The van der Waals surface area contributed by atoms with Crippen molar-refractivity contribution in [2.75, 3.05) is 0 Å². The maximum atomic E-state index is 13.4. The van der Waals surface area contributed by atoms with Crippen LogP contribution < -0.4 is 15.7 Å². The molecule has 0 aliphatic carbocycles. The van der Waals surface area contributed by atoms with Gasteiger partial charge in [0.2, 0.25) is 0 Å². The van der Waals surface area contributed by atoms with E-state index >= 15 is 0 Å². The molecule has 2 heterocycles. The number of esters is 1. The third-order valence-corrected chi connectivity index (χ3v) is 6.78. The third kappa shape index (κ3) is 6.49. The molecule has 0 radical (unpaired) electrons. The van der Waals surface area contributed by atoms with Gasteiger partial charge < -0.3 is 24.2 Å². The van der Waals surface area contributed by atoms with Crippen molar-refractivity contribution in [1.82, 2.24) is 10.3 Å². The van der Waals surface area contributed by atoms with E-state index in [9.17, 15) is 14.4 Å². The number of aromatic nitrogens is 1. The number of fused-ring (bicyclic) bond motifs is 2. The van der Waals surface area contributed by atoms with Gasteiger partial charge in [-0.3, -0.25) is 0 Å². The van der Waals surface area contributed by atoms with E-state index in [1.807, 2.05) is 67.7 Å². The molecule has 0 bridgehead atoms. The Balaban J connectivity index is 1.40. The average molecular weight is 553 g/mol. The smallest absolute Gasteiger partial charge is 0.408 e. The number of aromatic amines is 1. The largest absolute Gasteiger partial charge is 0.444 e. The zero-order valence-corrected chi connectivity index (χ0v) is 23.4. The molecule has 210 valence electrons. The first-order valence-corrected chi connectivity index (χ1v) is 13.4. The van der Waals surface area contributed by atoms with Gasteiger partial charge in [0.15, 0.2) is 0 Å². The molecule has 5 rings (SSSR count). The fourth-order valence-corrected chi connectivity index (χ4v) is 4.79. The monoisotopic (exact) mass is 552 g/mol. The molecule has 2 aromatic heterocycles. The number of hydrogen-bond donors (Lipinski definition) is 2. The summed E-state index contributed by atoms with van der Waals surface area (Å²) in [5.74, 6) is -0.490. The van der Waals surface area contributed by atoms with Gasteiger partial charge in [0.05, 0.1) is 0 Å². The van der Waals surface area contributed by atoms with Gasteiger partial charge in [0.1, 0.15) is 23.0 Å². The lowest BCUT2D eigenvalue weighted by molar-refractivity contribution is -0.136. The number of carbonyl (C=O) groups is 2. The summed E-state index contributed by atoms with van der Waals surface area (Å²) >= 11 is 0. The van der Waals surface area contributed by atoms with Crippen LogP contribution in [0.3, 0.4) is 0 Å². The number of para-hydroxylation sites is 1. The lowest BCUT2D eigenvalue weighted by Gasteiger charge is -2.23. The Morgan fingerprint density at radius 2 is 1.71 bits per heavy atom. The van der Waals surface area contributed by atoms with E-state index in [0.29, 0.717) is 17.6 Å². The van der Waals surface area contributed by atoms with Gasteiger partial charge in [-0.2, -0.15) is 0 Å². The van der Waals surface area contributed by atoms with Crippen LogP contribution in [0.4, 0.5) is 4.79 Å². The van der Waals surface area contributed by atoms with E-state index in [4.69, 9.17) is 13.9 Å². The summed E-state index contributed by atoms with van der Waals surface area (Å²) < 4.78 is 16.7. The first kappa shape index (κ1) is 27.7. The Bertz CT molecular complexity index is 1780. The molecule has 0 aliphatic heterocycles. The number of rotatable bonds is 7. The summed E-state index contributed by atoms with van der Waals surface area (Å²) in [4.78, 5) is 42.1. The predicted molar refractivity (Wildman–Crippen MR) is 157 cm³/mol. The summed E-state index contributed by atoms with van der Waals surface area (Å²) in [6.07, 6.45) is 1.70. The van der Waals surface area contributed by atoms with Crippen molar-refractivity contribution < 1.29 is 23.5 Å². The summed E-state index contributed by atoms with van der Waals surface area (Å²) in [5, 5.41) is 4.34. The third-order valence-electron chi connectivity index (χ3n) is 6.78. The molecule has 0 saturated carbocycles. The van der Waals surface area contributed by atoms with Crippen molar-refractivity contribution in [3.05, 3.63) is 112 Å². The van der Waals surface area contributed by atoms with Crippen molar-refractivity contribution >= 4 is 33.9 Å². The van der Waals surface area contributed by atoms with Crippen LogP contribution in [-0.2, 0) is 22.4 Å². The molecule has 1 atom stereocenters. The van der Waals surface area contributed by atoms with E-state index < -0.39 is 29.3 Å². The quantitative estimate of drug-likeness (QED) is 0.141. The van der Waals surface area contributed by atoms with Crippen LogP contribution in [0.1, 0.15) is 43.0 Å². The number of alkyl carbamates (subject to hydrolysis) is 1. The predicted octanol–water partition coefficient (Wildman–Crippen LogP) is 6.21. The highest BCUT2D eigenvalue weighted by Crippen LogP contribution is 2.26. The van der Waals surface area contributed by atoms with E-state index in [0.717, 1.165) is 33.0 Å². The van der Waals surface area contributed by atoms with Crippen LogP contribution in [0.25, 0.3) is 21.9 Å². The standard InChI is InChI=1S/C33H32N2O6/c1-20-24-15-14-23(18-29(24)40-30(36)26(20)16-21-10-6-5-7-11-21)39-31(37)28(35-32(38)41-33(2,3)4)17-22-19-34-27-13-9-8-12-25(22)27/h5-15,18-19,28,34H,16-17H2,1-4H3,(H,35,38)/t28-/m1/s1. The lowest BCUT2D eigenvalue weighted by atomic mass is 10.00. The summed E-state index contributed by atoms with van der Waals surface area (Å²) in [7, 11) is 0. The van der Waals surface area contributed by atoms with Crippen molar-refractivity contribution in [2.45, 2.75) is 52.2 Å². The molecule has 1 amide bonds. The summed E-state index contributed by atoms with van der Waals surface area (Å²) in [6, 6.07) is 21.3. The summed E-state index contributed by atoms with van der Waals surface area (Å²) in [6.45, 7) is 7.12. The van der Waals surface area contributed by atoms with Gasteiger partial charge in [-0.05, 0) is 62.6 Å². The molecule has 8 nitrogen and oxygen atoms in total. The van der Waals surface area contributed by atoms with Crippen LogP contribution in [0.5, 0.6) is 5.75 Å². The number of carbonyl (C=O) groups excluding carboxylic acids is 2. The number of nitrogens with one attached hydrogen (secondary N) is 2. The highest BCUT2D eigenvalue weighted by atomic mass is 16.6. The van der Waals surface area contributed by atoms with Crippen molar-refractivity contribution in [2.24, 2.45) is 0 Å². The zero-order valence-electron chi connectivity index (χ0n) is 23.4. The van der Waals surface area contributed by atoms with Gasteiger partial charge >= 0.3 is 17.7 Å². The maximum Gasteiger partial charge on any atom is 0.408 e. The number of ether oxygens (including phenoxy) is 2. The zero-order chi connectivity index (χ0) is 29.1. The van der Waals surface area contributed by atoms with Gasteiger partial charge in [0.25, 0.3) is 0 Å². The number of hydrogen-bond acceptors (Lipinski definition) is 6. The van der Waals surface area contributed by atoms with E-state index in [-0.39, 0.29) is 12.2 Å². The van der Waals surface area contributed by atoms with Gasteiger partial charge in [0, 0.05) is 47.0 Å². The Morgan fingerprint density at radius 1 is 0.976 bits per heavy atom. The fourth-order valence-electron chi connectivity index (χ4n) is 4.79. The van der Waals surface area contributed by atoms with Crippen molar-refractivity contribution in [3.63, 3.8) is 0 Å². The molecule has 5 aromatic rings. The SMILES string of the molecule is Cc1c(Cc2ccccc2)c(=O)oc2cc(OC(=O)[C@@H](Cc3c[nH]c4ccccc34)NC(=O)OC(C)(C)C)ccc12. The van der Waals surface area contributed by atoms with Gasteiger partial charge in [-0.15, -0.1) is 0 Å². The Labute approximate surface area is 237 Å². The molecule has 8 heteroatoms. The Morgan fingerprint density at radius 3 is 2.46 bits per heavy atom. The van der Waals surface area contributed by atoms with Crippen LogP contribution in [-0.4, -0.2) is 28.7 Å². The topological polar surface area (TPSA) is 111 Å². The second-order valence-electron chi connectivity index (χ2n) is 11.0. The van der Waals surface area contributed by atoms with Gasteiger partial charge in [-0.25, -0.2) is 14.4 Å². The molecule has 0 fully saturated rings. The van der Waals surface area contributed by atoms with Crippen LogP contribution in [0.15, 0.2) is 88.2 Å².